The van der Waals surface area contributed by atoms with Crippen LogP contribution < -0.4 is 14.8 Å². The fourth-order valence-corrected chi connectivity index (χ4v) is 3.33. The van der Waals surface area contributed by atoms with Crippen LogP contribution in [-0.2, 0) is 11.3 Å². The van der Waals surface area contributed by atoms with E-state index in [9.17, 15) is 4.79 Å². The highest BCUT2D eigenvalue weighted by molar-refractivity contribution is 7.08. The summed E-state index contributed by atoms with van der Waals surface area (Å²) in [7, 11) is 0. The Hall–Kier alpha value is -1.76. The molecule has 5 nitrogen and oxygen atoms in total. The standard InChI is InChI=1S/C15H14ClNO4S/c16-11-7-22-6-10(11)5-17-12(4-15(18)19)9-1-2-13-14(3-9)21-8-20-13/h1-3,6-7,12,17H,4-5,8H2,(H,18,19)/t12-/m0/s1. The maximum absolute atomic E-state index is 11.1. The van der Waals surface area contributed by atoms with Crippen molar-refractivity contribution in [3.8, 4) is 11.5 Å². The number of nitrogens with one attached hydrogen (secondary N) is 1. The van der Waals surface area contributed by atoms with E-state index in [1.807, 2.05) is 22.9 Å². The smallest absolute Gasteiger partial charge is 0.305 e. The monoisotopic (exact) mass is 339 g/mol. The highest BCUT2D eigenvalue weighted by Crippen LogP contribution is 2.35. The second-order valence-corrected chi connectivity index (χ2v) is 6.04. The predicted octanol–water partition coefficient (Wildman–Crippen LogP) is 3.44. The van der Waals surface area contributed by atoms with E-state index in [2.05, 4.69) is 5.32 Å². The number of aliphatic carboxylic acids is 1. The Morgan fingerprint density at radius 2 is 2.18 bits per heavy atom. The molecular formula is C15H14ClNO4S. The first-order chi connectivity index (χ1) is 10.6. The van der Waals surface area contributed by atoms with Crippen molar-refractivity contribution < 1.29 is 19.4 Å². The molecule has 0 bridgehead atoms. The van der Waals surface area contributed by atoms with E-state index in [1.165, 1.54) is 11.3 Å². The second kappa shape index (κ2) is 6.56. The van der Waals surface area contributed by atoms with Gasteiger partial charge in [0.1, 0.15) is 0 Å². The molecule has 1 atom stereocenters. The first kappa shape index (κ1) is 15.1. The number of carboxylic acids is 1. The molecule has 0 saturated heterocycles. The number of benzene rings is 1. The number of fused-ring (bicyclic) bond motifs is 1. The van der Waals surface area contributed by atoms with Crippen LogP contribution in [0.4, 0.5) is 0 Å². The molecule has 0 saturated carbocycles. The van der Waals surface area contributed by atoms with Crippen LogP contribution in [0, 0.1) is 0 Å². The number of carboxylic acid groups (broad SMARTS) is 1. The first-order valence-corrected chi connectivity index (χ1v) is 8.01. The van der Waals surface area contributed by atoms with Gasteiger partial charge in [-0.3, -0.25) is 4.79 Å². The van der Waals surface area contributed by atoms with Gasteiger partial charge in [0.15, 0.2) is 11.5 Å². The first-order valence-electron chi connectivity index (χ1n) is 6.69. The van der Waals surface area contributed by atoms with Crippen LogP contribution in [0.1, 0.15) is 23.6 Å². The van der Waals surface area contributed by atoms with Crippen molar-refractivity contribution in [1.82, 2.24) is 5.32 Å². The van der Waals surface area contributed by atoms with E-state index < -0.39 is 5.97 Å². The largest absolute Gasteiger partial charge is 0.481 e. The molecule has 0 fully saturated rings. The minimum absolute atomic E-state index is 0.0264. The summed E-state index contributed by atoms with van der Waals surface area (Å²) >= 11 is 7.59. The van der Waals surface area contributed by atoms with E-state index in [0.717, 1.165) is 11.1 Å². The van der Waals surface area contributed by atoms with E-state index >= 15 is 0 Å². The van der Waals surface area contributed by atoms with Crippen molar-refractivity contribution in [2.24, 2.45) is 0 Å². The maximum atomic E-state index is 11.1. The van der Waals surface area contributed by atoms with Gasteiger partial charge in [0, 0.05) is 18.0 Å². The van der Waals surface area contributed by atoms with Crippen molar-refractivity contribution in [2.75, 3.05) is 6.79 Å². The van der Waals surface area contributed by atoms with Crippen LogP contribution in [-0.4, -0.2) is 17.9 Å². The lowest BCUT2D eigenvalue weighted by atomic mass is 10.0. The van der Waals surface area contributed by atoms with Crippen molar-refractivity contribution in [3.05, 3.63) is 45.1 Å². The normalized spacial score (nSPS) is 14.0. The quantitative estimate of drug-likeness (QED) is 0.843. The van der Waals surface area contributed by atoms with Gasteiger partial charge in [-0.2, -0.15) is 11.3 Å². The van der Waals surface area contributed by atoms with E-state index in [4.69, 9.17) is 26.2 Å². The Balaban J connectivity index is 1.77. The van der Waals surface area contributed by atoms with Crippen LogP contribution >= 0.6 is 22.9 Å². The fourth-order valence-electron chi connectivity index (χ4n) is 2.28. The Morgan fingerprint density at radius 1 is 1.36 bits per heavy atom. The van der Waals surface area contributed by atoms with E-state index in [1.54, 1.807) is 6.07 Å². The van der Waals surface area contributed by atoms with Crippen molar-refractivity contribution in [2.45, 2.75) is 19.0 Å². The number of halogens is 1. The van der Waals surface area contributed by atoms with Crippen LogP contribution in [0.3, 0.4) is 0 Å². The number of ether oxygens (including phenoxy) is 2. The van der Waals surface area contributed by atoms with E-state index in [-0.39, 0.29) is 19.3 Å². The average molecular weight is 340 g/mol. The molecule has 1 aromatic carbocycles. The molecule has 2 heterocycles. The summed E-state index contributed by atoms with van der Waals surface area (Å²) < 4.78 is 10.6. The van der Waals surface area contributed by atoms with Gasteiger partial charge in [0.2, 0.25) is 6.79 Å². The van der Waals surface area contributed by atoms with Gasteiger partial charge in [0.25, 0.3) is 0 Å². The average Bonchev–Trinajstić information content (AvgIpc) is 3.11. The zero-order chi connectivity index (χ0) is 15.5. The van der Waals surface area contributed by atoms with Gasteiger partial charge in [-0.15, -0.1) is 0 Å². The minimum atomic E-state index is -0.869. The molecule has 0 unspecified atom stereocenters. The number of hydrogen-bond donors (Lipinski definition) is 2. The SMILES string of the molecule is O=C(O)C[C@H](NCc1cscc1Cl)c1ccc2c(c1)OCO2. The van der Waals surface area contributed by atoms with E-state index in [0.29, 0.717) is 23.1 Å². The third kappa shape index (κ3) is 3.35. The lowest BCUT2D eigenvalue weighted by molar-refractivity contribution is -0.137. The van der Waals surface area contributed by atoms with Crippen LogP contribution in [0.2, 0.25) is 5.02 Å². The number of rotatable bonds is 6. The van der Waals surface area contributed by atoms with Crippen molar-refractivity contribution in [1.29, 1.82) is 0 Å². The highest BCUT2D eigenvalue weighted by atomic mass is 35.5. The third-order valence-electron chi connectivity index (χ3n) is 3.41. The molecular weight excluding hydrogens is 326 g/mol. The van der Waals surface area contributed by atoms with Crippen LogP contribution in [0.5, 0.6) is 11.5 Å². The molecule has 0 amide bonds. The predicted molar refractivity (Wildman–Crippen MR) is 83.7 cm³/mol. The molecule has 3 rings (SSSR count). The maximum Gasteiger partial charge on any atom is 0.305 e. The summed E-state index contributed by atoms with van der Waals surface area (Å²) in [5.41, 5.74) is 1.81. The molecule has 2 aromatic rings. The van der Waals surface area contributed by atoms with Gasteiger partial charge in [-0.25, -0.2) is 0 Å². The Labute approximate surface area is 136 Å². The zero-order valence-electron chi connectivity index (χ0n) is 11.5. The second-order valence-electron chi connectivity index (χ2n) is 4.89. The lowest BCUT2D eigenvalue weighted by Gasteiger charge is -2.17. The molecule has 116 valence electrons. The third-order valence-corrected chi connectivity index (χ3v) is 4.68. The summed E-state index contributed by atoms with van der Waals surface area (Å²) in [6, 6.07) is 5.13. The molecule has 2 N–H and O–H groups in total. The topological polar surface area (TPSA) is 67.8 Å². The van der Waals surface area contributed by atoms with Gasteiger partial charge < -0.3 is 19.9 Å². The summed E-state index contributed by atoms with van der Waals surface area (Å²) in [5, 5.41) is 16.9. The molecule has 0 radical (unpaired) electrons. The fraction of sp³-hybridized carbons (Fsp3) is 0.267. The molecule has 1 aliphatic rings. The van der Waals surface area contributed by atoms with Crippen molar-refractivity contribution >= 4 is 28.9 Å². The minimum Gasteiger partial charge on any atom is -0.481 e. The Bertz CT molecular complexity index is 688. The highest BCUT2D eigenvalue weighted by Gasteiger charge is 2.20. The van der Waals surface area contributed by atoms with Crippen LogP contribution in [0.15, 0.2) is 29.0 Å². The van der Waals surface area contributed by atoms with Gasteiger partial charge in [-0.05, 0) is 28.6 Å². The summed E-state index contributed by atoms with van der Waals surface area (Å²) in [6.07, 6.45) is -0.0264. The molecule has 1 aromatic heterocycles. The molecule has 0 aliphatic carbocycles. The Morgan fingerprint density at radius 3 is 2.91 bits per heavy atom. The summed E-state index contributed by atoms with van der Waals surface area (Å²) in [5.74, 6) is 0.452. The number of hydrogen-bond acceptors (Lipinski definition) is 5. The molecule has 1 aliphatic heterocycles. The molecule has 7 heteroatoms. The number of thiophene rings is 1. The van der Waals surface area contributed by atoms with Crippen LogP contribution in [0.25, 0.3) is 0 Å². The Kier molecular flexibility index (Phi) is 4.52. The van der Waals surface area contributed by atoms with Crippen molar-refractivity contribution in [3.63, 3.8) is 0 Å². The summed E-state index contributed by atoms with van der Waals surface area (Å²) in [4.78, 5) is 11.1. The molecule has 0 spiro atoms. The van der Waals surface area contributed by atoms with Gasteiger partial charge >= 0.3 is 5.97 Å². The van der Waals surface area contributed by atoms with Gasteiger partial charge in [0.05, 0.1) is 11.4 Å². The number of carbonyl (C=O) groups is 1. The zero-order valence-corrected chi connectivity index (χ0v) is 13.1. The van der Waals surface area contributed by atoms with Gasteiger partial charge in [-0.1, -0.05) is 17.7 Å². The summed E-state index contributed by atoms with van der Waals surface area (Å²) in [6.45, 7) is 0.703. The lowest BCUT2D eigenvalue weighted by Crippen LogP contribution is -2.23. The molecule has 22 heavy (non-hydrogen) atoms.